The Morgan fingerprint density at radius 3 is 2.14 bits per heavy atom. The Morgan fingerprint density at radius 1 is 0.682 bits per heavy atom. The van der Waals surface area contributed by atoms with E-state index in [1.54, 1.807) is 12.2 Å². The summed E-state index contributed by atoms with van der Waals surface area (Å²) in [6, 6.07) is 35.3. The van der Waals surface area contributed by atoms with E-state index in [0.29, 0.717) is 11.7 Å². The van der Waals surface area contributed by atoms with E-state index in [9.17, 15) is 5.21 Å². The van der Waals surface area contributed by atoms with E-state index in [1.807, 2.05) is 50.2 Å². The number of hydrogen-bond acceptors (Lipinski definition) is 4. The molecule has 0 amide bonds. The van der Waals surface area contributed by atoms with Gasteiger partial charge in [-0.05, 0) is 46.2 Å². The van der Waals surface area contributed by atoms with Gasteiger partial charge < -0.3 is 5.21 Å². The van der Waals surface area contributed by atoms with Gasteiger partial charge in [-0.25, -0.2) is 9.97 Å². The first kappa shape index (κ1) is 27.0. The zero-order chi connectivity index (χ0) is 30.4. The van der Waals surface area contributed by atoms with E-state index in [0.717, 1.165) is 77.0 Å². The maximum atomic E-state index is 10.1. The lowest BCUT2D eigenvalue weighted by Crippen LogP contribution is -2.04. The third kappa shape index (κ3) is 3.90. The lowest BCUT2D eigenvalue weighted by atomic mass is 9.99. The summed E-state index contributed by atoms with van der Waals surface area (Å²) in [5.74, 6) is 0.573. The van der Waals surface area contributed by atoms with Gasteiger partial charge in [0.25, 0.3) is 0 Å². The first-order valence-electron chi connectivity index (χ1n) is 14.8. The molecule has 0 bridgehead atoms. The highest BCUT2D eigenvalue weighted by atomic mass is 16.4. The summed E-state index contributed by atoms with van der Waals surface area (Å²) < 4.78 is 2.13. The van der Waals surface area contributed by atoms with Crippen LogP contribution in [0.1, 0.15) is 25.0 Å². The molecule has 0 aliphatic heterocycles. The highest BCUT2D eigenvalue weighted by Crippen LogP contribution is 2.43. The zero-order valence-electron chi connectivity index (χ0n) is 24.6. The van der Waals surface area contributed by atoms with Crippen molar-refractivity contribution < 1.29 is 5.21 Å². The Bertz CT molecular complexity index is 2340. The second-order valence-corrected chi connectivity index (χ2v) is 10.4. The molecule has 7 aromatic rings. The SMILES string of the molecule is C=CC1=C(C=C)c2cc3c4c5ccccc5ccc4n(-c4nc(-c5ccccc5)c5ccccc5n4)c3cc2/C1=N\O.CC. The Labute approximate surface area is 255 Å². The molecule has 5 nitrogen and oxygen atoms in total. The molecule has 5 heteroatoms. The van der Waals surface area contributed by atoms with Crippen LogP contribution in [0.25, 0.3) is 66.3 Å². The fraction of sp³-hybridized carbons (Fsp3) is 0.0513. The van der Waals surface area contributed by atoms with E-state index in [1.165, 1.54) is 0 Å². The van der Waals surface area contributed by atoms with Crippen LogP contribution >= 0.6 is 0 Å². The number of aromatic nitrogens is 3. The van der Waals surface area contributed by atoms with Crippen molar-refractivity contribution in [2.45, 2.75) is 13.8 Å². The monoisotopic (exact) mass is 570 g/mol. The third-order valence-corrected chi connectivity index (χ3v) is 8.23. The standard InChI is InChI=1S/C37H24N4O.C2H6/c1-3-24-25(4-2)36(40-42)29-21-33-30(20-28(24)29)34-26-15-9-8-12-22(26)18-19-32(34)41(33)37-38-31-17-11-10-16-27(31)35(39-37)23-13-6-5-7-14-23;1-2/h3-21,42H,1-2H2;1-2H3/b40-36-;. The molecule has 44 heavy (non-hydrogen) atoms. The number of rotatable bonds is 4. The first-order valence-corrected chi connectivity index (χ1v) is 14.8. The number of benzene rings is 5. The van der Waals surface area contributed by atoms with E-state index < -0.39 is 0 Å². The summed E-state index contributed by atoms with van der Waals surface area (Å²) in [4.78, 5) is 10.3. The molecule has 2 heterocycles. The van der Waals surface area contributed by atoms with Crippen LogP contribution in [0, 0.1) is 0 Å². The molecule has 0 saturated carbocycles. The van der Waals surface area contributed by atoms with Gasteiger partial charge in [0.1, 0.15) is 5.71 Å². The van der Waals surface area contributed by atoms with Gasteiger partial charge in [-0.2, -0.15) is 0 Å². The lowest BCUT2D eigenvalue weighted by Gasteiger charge is -2.12. The molecule has 5 aromatic carbocycles. The fourth-order valence-electron chi connectivity index (χ4n) is 6.40. The fourth-order valence-corrected chi connectivity index (χ4v) is 6.40. The molecular weight excluding hydrogens is 540 g/mol. The maximum Gasteiger partial charge on any atom is 0.235 e. The summed E-state index contributed by atoms with van der Waals surface area (Å²) >= 11 is 0. The maximum absolute atomic E-state index is 10.1. The van der Waals surface area contributed by atoms with E-state index >= 15 is 0 Å². The van der Waals surface area contributed by atoms with Gasteiger partial charge in [0.15, 0.2) is 0 Å². The lowest BCUT2D eigenvalue weighted by molar-refractivity contribution is 0.320. The van der Waals surface area contributed by atoms with Crippen molar-refractivity contribution in [2.75, 3.05) is 0 Å². The van der Waals surface area contributed by atoms with Crippen molar-refractivity contribution in [1.82, 2.24) is 14.5 Å². The molecule has 0 unspecified atom stereocenters. The van der Waals surface area contributed by atoms with Gasteiger partial charge in [0.2, 0.25) is 5.95 Å². The van der Waals surface area contributed by atoms with Crippen LogP contribution in [0.4, 0.5) is 0 Å². The minimum atomic E-state index is 0.475. The second-order valence-electron chi connectivity index (χ2n) is 10.4. The van der Waals surface area contributed by atoms with Crippen molar-refractivity contribution in [3.8, 4) is 17.2 Å². The normalized spacial score (nSPS) is 13.5. The van der Waals surface area contributed by atoms with Crippen LogP contribution in [0.5, 0.6) is 0 Å². The summed E-state index contributed by atoms with van der Waals surface area (Å²) in [5, 5.41) is 19.2. The van der Waals surface area contributed by atoms with Gasteiger partial charge in [-0.1, -0.05) is 123 Å². The molecule has 0 saturated heterocycles. The molecule has 0 spiro atoms. The molecule has 0 atom stereocenters. The van der Waals surface area contributed by atoms with Crippen molar-refractivity contribution in [2.24, 2.45) is 5.16 Å². The number of fused-ring (bicyclic) bond motifs is 7. The Hall–Kier alpha value is -5.81. The minimum absolute atomic E-state index is 0.475. The highest BCUT2D eigenvalue weighted by molar-refractivity contribution is 6.29. The smallest absolute Gasteiger partial charge is 0.235 e. The van der Waals surface area contributed by atoms with Crippen LogP contribution in [-0.4, -0.2) is 25.5 Å². The van der Waals surface area contributed by atoms with Gasteiger partial charge in [0, 0.05) is 32.9 Å². The molecule has 1 aliphatic carbocycles. The molecular formula is C39H30N4O. The summed E-state index contributed by atoms with van der Waals surface area (Å²) in [6.45, 7) is 12.0. The molecule has 2 aromatic heterocycles. The topological polar surface area (TPSA) is 63.3 Å². The van der Waals surface area contributed by atoms with Crippen LogP contribution in [-0.2, 0) is 0 Å². The van der Waals surface area contributed by atoms with E-state index in [4.69, 9.17) is 9.97 Å². The average molecular weight is 571 g/mol. The third-order valence-electron chi connectivity index (χ3n) is 8.23. The van der Waals surface area contributed by atoms with Crippen molar-refractivity contribution in [3.05, 3.63) is 145 Å². The van der Waals surface area contributed by atoms with Crippen LogP contribution in [0.3, 0.4) is 0 Å². The molecule has 0 fully saturated rings. The molecule has 0 radical (unpaired) electrons. The minimum Gasteiger partial charge on any atom is -0.410 e. The largest absolute Gasteiger partial charge is 0.410 e. The quantitative estimate of drug-likeness (QED) is 0.169. The predicted octanol–water partition coefficient (Wildman–Crippen LogP) is 9.89. The van der Waals surface area contributed by atoms with Crippen LogP contribution in [0.2, 0.25) is 0 Å². The first-order chi connectivity index (χ1) is 21.7. The molecule has 212 valence electrons. The Morgan fingerprint density at radius 2 is 1.39 bits per heavy atom. The van der Waals surface area contributed by atoms with Gasteiger partial charge in [0.05, 0.1) is 22.2 Å². The Balaban J connectivity index is 0.00000153. The van der Waals surface area contributed by atoms with E-state index in [-0.39, 0.29) is 0 Å². The average Bonchev–Trinajstić information content (AvgIpc) is 3.59. The van der Waals surface area contributed by atoms with E-state index in [2.05, 4.69) is 89.6 Å². The number of allylic oxidation sites excluding steroid dienone is 4. The summed E-state index contributed by atoms with van der Waals surface area (Å²) in [5.41, 5.74) is 8.56. The predicted molar refractivity (Wildman–Crippen MR) is 184 cm³/mol. The summed E-state index contributed by atoms with van der Waals surface area (Å²) in [7, 11) is 0. The van der Waals surface area contributed by atoms with Gasteiger partial charge >= 0.3 is 0 Å². The number of para-hydroxylation sites is 1. The van der Waals surface area contributed by atoms with Gasteiger partial charge in [-0.3, -0.25) is 4.57 Å². The number of oxime groups is 1. The number of hydrogen-bond donors (Lipinski definition) is 1. The Kier molecular flexibility index (Phi) is 6.63. The van der Waals surface area contributed by atoms with Crippen LogP contribution in [0.15, 0.2) is 139 Å². The van der Waals surface area contributed by atoms with Crippen molar-refractivity contribution >= 4 is 54.8 Å². The van der Waals surface area contributed by atoms with Gasteiger partial charge in [-0.15, -0.1) is 0 Å². The van der Waals surface area contributed by atoms with Crippen LogP contribution < -0.4 is 0 Å². The van der Waals surface area contributed by atoms with Crippen molar-refractivity contribution in [3.63, 3.8) is 0 Å². The van der Waals surface area contributed by atoms with Crippen molar-refractivity contribution in [1.29, 1.82) is 0 Å². The second kappa shape index (κ2) is 10.8. The molecule has 1 N–H and O–H groups in total. The molecule has 1 aliphatic rings. The molecule has 8 rings (SSSR count). The highest BCUT2D eigenvalue weighted by Gasteiger charge is 2.28. The zero-order valence-corrected chi connectivity index (χ0v) is 24.6. The summed E-state index contributed by atoms with van der Waals surface area (Å²) in [6.07, 6.45) is 3.52. The number of nitrogens with zero attached hydrogens (tertiary/aromatic N) is 4.